The van der Waals surface area contributed by atoms with E-state index in [-0.39, 0.29) is 11.6 Å². The molecule has 140 valence electrons. The van der Waals surface area contributed by atoms with Gasteiger partial charge in [-0.2, -0.15) is 5.26 Å². The van der Waals surface area contributed by atoms with Gasteiger partial charge in [0.15, 0.2) is 0 Å². The predicted octanol–water partition coefficient (Wildman–Crippen LogP) is 4.10. The molecule has 1 aromatic carbocycles. The summed E-state index contributed by atoms with van der Waals surface area (Å²) in [5.74, 6) is 0.871. The van der Waals surface area contributed by atoms with E-state index in [9.17, 15) is 10.1 Å². The lowest BCUT2D eigenvalue weighted by Gasteiger charge is -2.31. The Labute approximate surface area is 159 Å². The standard InChI is InChI=1S/C21H23N3O3/c1-13(2)27-20(25)23-15-7-5-14(6-8-15)19-17(12-22)18-10-9-16(26-4)11-21(18,3)24-19/h5-10,13,24H,11H2,1-4H3,(H,23,25). The fraction of sp³-hybridized carbons (Fsp3) is 0.333. The zero-order valence-electron chi connectivity index (χ0n) is 15.9. The minimum atomic E-state index is -0.490. The maximum Gasteiger partial charge on any atom is 0.411 e. The van der Waals surface area contributed by atoms with Crippen molar-refractivity contribution in [3.63, 3.8) is 0 Å². The summed E-state index contributed by atoms with van der Waals surface area (Å²) >= 11 is 0. The molecule has 0 radical (unpaired) electrons. The minimum Gasteiger partial charge on any atom is -0.501 e. The minimum absolute atomic E-state index is 0.182. The molecule has 1 heterocycles. The first kappa shape index (κ1) is 18.6. The van der Waals surface area contributed by atoms with Gasteiger partial charge in [-0.15, -0.1) is 0 Å². The summed E-state index contributed by atoms with van der Waals surface area (Å²) in [5.41, 5.74) is 3.51. The molecule has 1 amide bonds. The lowest BCUT2D eigenvalue weighted by molar-refractivity contribution is 0.130. The number of allylic oxidation sites excluding steroid dienone is 2. The third-order valence-corrected chi connectivity index (χ3v) is 4.62. The molecule has 2 aliphatic rings. The van der Waals surface area contributed by atoms with Crippen molar-refractivity contribution >= 4 is 17.5 Å². The summed E-state index contributed by atoms with van der Waals surface area (Å²) in [6.45, 7) is 5.65. The van der Waals surface area contributed by atoms with Crippen LogP contribution in [0.2, 0.25) is 0 Å². The van der Waals surface area contributed by atoms with Gasteiger partial charge < -0.3 is 14.8 Å². The highest BCUT2D eigenvalue weighted by atomic mass is 16.6. The van der Waals surface area contributed by atoms with Crippen LogP contribution in [-0.2, 0) is 9.47 Å². The van der Waals surface area contributed by atoms with Crippen molar-refractivity contribution in [2.45, 2.75) is 38.8 Å². The van der Waals surface area contributed by atoms with Crippen molar-refractivity contribution in [2.24, 2.45) is 0 Å². The molecule has 1 aliphatic carbocycles. The van der Waals surface area contributed by atoms with Crippen LogP contribution < -0.4 is 10.6 Å². The Morgan fingerprint density at radius 1 is 1.30 bits per heavy atom. The number of anilines is 1. The first-order valence-electron chi connectivity index (χ1n) is 8.82. The average molecular weight is 365 g/mol. The van der Waals surface area contributed by atoms with Gasteiger partial charge in [0.1, 0.15) is 6.07 Å². The van der Waals surface area contributed by atoms with Crippen LogP contribution in [-0.4, -0.2) is 24.8 Å². The molecule has 6 nitrogen and oxygen atoms in total. The zero-order valence-corrected chi connectivity index (χ0v) is 15.9. The van der Waals surface area contributed by atoms with Crippen LogP contribution in [0.1, 0.15) is 32.8 Å². The summed E-state index contributed by atoms with van der Waals surface area (Å²) in [7, 11) is 1.65. The smallest absolute Gasteiger partial charge is 0.411 e. The van der Waals surface area contributed by atoms with Crippen molar-refractivity contribution in [3.05, 3.63) is 58.9 Å². The number of amides is 1. The fourth-order valence-corrected chi connectivity index (χ4v) is 3.36. The molecule has 3 rings (SSSR count). The summed E-state index contributed by atoms with van der Waals surface area (Å²) in [6, 6.07) is 9.65. The normalized spacial score (nSPS) is 20.9. The van der Waals surface area contributed by atoms with Crippen LogP contribution in [0.25, 0.3) is 5.70 Å². The first-order valence-corrected chi connectivity index (χ1v) is 8.82. The van der Waals surface area contributed by atoms with Crippen molar-refractivity contribution in [1.82, 2.24) is 5.32 Å². The number of methoxy groups -OCH3 is 1. The number of hydrogen-bond donors (Lipinski definition) is 2. The lowest BCUT2D eigenvalue weighted by Crippen LogP contribution is -2.40. The van der Waals surface area contributed by atoms with Crippen LogP contribution in [0.3, 0.4) is 0 Å². The summed E-state index contributed by atoms with van der Waals surface area (Å²) in [6.07, 6.45) is 3.85. The van der Waals surface area contributed by atoms with Gasteiger partial charge in [-0.3, -0.25) is 5.32 Å². The molecule has 27 heavy (non-hydrogen) atoms. The van der Waals surface area contributed by atoms with E-state index in [0.717, 1.165) is 22.6 Å². The van der Waals surface area contributed by atoms with Gasteiger partial charge in [0.2, 0.25) is 0 Å². The van der Waals surface area contributed by atoms with Gasteiger partial charge in [0.05, 0.1) is 35.8 Å². The van der Waals surface area contributed by atoms with E-state index >= 15 is 0 Å². The van der Waals surface area contributed by atoms with E-state index in [4.69, 9.17) is 9.47 Å². The Kier molecular flexibility index (Phi) is 4.95. The van der Waals surface area contributed by atoms with E-state index in [2.05, 4.69) is 23.6 Å². The number of carbonyl (C=O) groups excluding carboxylic acids is 1. The molecule has 1 aromatic rings. The van der Waals surface area contributed by atoms with E-state index in [1.165, 1.54) is 0 Å². The van der Waals surface area contributed by atoms with Crippen LogP contribution in [0.15, 0.2) is 53.3 Å². The Bertz CT molecular complexity index is 888. The Morgan fingerprint density at radius 2 is 2.00 bits per heavy atom. The molecule has 0 saturated carbocycles. The first-order chi connectivity index (χ1) is 12.9. The predicted molar refractivity (Wildman–Crippen MR) is 104 cm³/mol. The monoisotopic (exact) mass is 365 g/mol. The molecule has 2 N–H and O–H groups in total. The fourth-order valence-electron chi connectivity index (χ4n) is 3.36. The number of nitrogens with one attached hydrogen (secondary N) is 2. The van der Waals surface area contributed by atoms with E-state index in [1.54, 1.807) is 33.1 Å². The average Bonchev–Trinajstić information content (AvgIpc) is 2.92. The number of fused-ring (bicyclic) bond motifs is 1. The molecule has 0 bridgehead atoms. The van der Waals surface area contributed by atoms with Gasteiger partial charge >= 0.3 is 6.09 Å². The summed E-state index contributed by atoms with van der Waals surface area (Å²) < 4.78 is 10.5. The quantitative estimate of drug-likeness (QED) is 0.839. The van der Waals surface area contributed by atoms with Crippen LogP contribution in [0.4, 0.5) is 10.5 Å². The van der Waals surface area contributed by atoms with Crippen molar-refractivity contribution in [3.8, 4) is 6.07 Å². The van der Waals surface area contributed by atoms with E-state index < -0.39 is 6.09 Å². The third kappa shape index (κ3) is 3.68. The Hall–Kier alpha value is -3.20. The van der Waals surface area contributed by atoms with Crippen molar-refractivity contribution in [1.29, 1.82) is 5.26 Å². The molecular weight excluding hydrogens is 342 g/mol. The van der Waals surface area contributed by atoms with Gasteiger partial charge in [-0.1, -0.05) is 18.2 Å². The van der Waals surface area contributed by atoms with Gasteiger partial charge in [0, 0.05) is 12.1 Å². The number of nitrogens with zero attached hydrogens (tertiary/aromatic N) is 1. The molecule has 1 atom stereocenters. The topological polar surface area (TPSA) is 83.4 Å². The van der Waals surface area contributed by atoms with Crippen LogP contribution in [0, 0.1) is 11.3 Å². The van der Waals surface area contributed by atoms with Gasteiger partial charge in [0.25, 0.3) is 0 Å². The number of ether oxygens (including phenoxy) is 2. The maximum atomic E-state index is 11.7. The Morgan fingerprint density at radius 3 is 2.59 bits per heavy atom. The number of benzene rings is 1. The lowest BCUT2D eigenvalue weighted by atomic mass is 9.83. The SMILES string of the molecule is COC1=CC=C2C(C#N)=C(c3ccc(NC(=O)OC(C)C)cc3)NC2(C)C1. The second-order valence-corrected chi connectivity index (χ2v) is 7.07. The molecule has 6 heteroatoms. The number of carbonyl (C=O) groups is 1. The maximum absolute atomic E-state index is 11.7. The van der Waals surface area contributed by atoms with Crippen LogP contribution in [0.5, 0.6) is 0 Å². The third-order valence-electron chi connectivity index (χ3n) is 4.62. The van der Waals surface area contributed by atoms with Gasteiger partial charge in [-0.25, -0.2) is 4.79 Å². The number of nitriles is 1. The molecule has 0 saturated heterocycles. The second-order valence-electron chi connectivity index (χ2n) is 7.07. The molecular formula is C21H23N3O3. The summed E-state index contributed by atoms with van der Waals surface area (Å²) in [4.78, 5) is 11.7. The molecule has 1 unspecified atom stereocenters. The largest absolute Gasteiger partial charge is 0.501 e. The highest BCUT2D eigenvalue weighted by Crippen LogP contribution is 2.43. The molecule has 0 spiro atoms. The Balaban J connectivity index is 1.85. The van der Waals surface area contributed by atoms with E-state index in [1.807, 2.05) is 24.3 Å². The summed E-state index contributed by atoms with van der Waals surface area (Å²) in [5, 5.41) is 15.9. The van der Waals surface area contributed by atoms with Crippen LogP contribution >= 0.6 is 0 Å². The highest BCUT2D eigenvalue weighted by molar-refractivity contribution is 5.86. The van der Waals surface area contributed by atoms with Crippen molar-refractivity contribution in [2.75, 3.05) is 12.4 Å². The zero-order chi connectivity index (χ0) is 19.6. The highest BCUT2D eigenvalue weighted by Gasteiger charge is 2.41. The number of hydrogen-bond acceptors (Lipinski definition) is 5. The molecule has 0 fully saturated rings. The molecule has 0 aromatic heterocycles. The molecule has 1 aliphatic heterocycles. The second kappa shape index (κ2) is 7.20. The van der Waals surface area contributed by atoms with Gasteiger partial charge in [-0.05, 0) is 50.1 Å². The van der Waals surface area contributed by atoms with E-state index in [0.29, 0.717) is 17.7 Å². The number of rotatable bonds is 4. The van der Waals surface area contributed by atoms with Crippen molar-refractivity contribution < 1.29 is 14.3 Å².